The number of ether oxygens (including phenoxy) is 1. The fourth-order valence-electron chi connectivity index (χ4n) is 2.65. The Morgan fingerprint density at radius 2 is 2.00 bits per heavy atom. The molecule has 0 atom stereocenters. The fraction of sp³-hybridized carbons (Fsp3) is 0.450. The number of para-hydroxylation sites is 1. The molecule has 0 saturated carbocycles. The molecule has 1 heterocycles. The highest BCUT2D eigenvalue weighted by molar-refractivity contribution is 5.86. The maximum atomic E-state index is 11.9. The molecule has 0 fully saturated rings. The van der Waals surface area contributed by atoms with Gasteiger partial charge in [-0.15, -0.1) is 0 Å². The van der Waals surface area contributed by atoms with E-state index in [1.807, 2.05) is 48.9 Å². The average Bonchev–Trinajstić information content (AvgIpc) is 3.01. The lowest BCUT2D eigenvalue weighted by Crippen LogP contribution is -2.43. The maximum Gasteiger partial charge on any atom is 0.241 e. The molecule has 0 aliphatic rings. The van der Waals surface area contributed by atoms with Crippen LogP contribution in [0.4, 0.5) is 0 Å². The van der Waals surface area contributed by atoms with Gasteiger partial charge in [0, 0.05) is 33.4 Å². The van der Waals surface area contributed by atoms with Gasteiger partial charge in [0.25, 0.3) is 0 Å². The number of nitrogens with zero attached hydrogens (tertiary/aromatic N) is 4. The van der Waals surface area contributed by atoms with Gasteiger partial charge in [-0.3, -0.25) is 4.79 Å². The van der Waals surface area contributed by atoms with E-state index in [1.54, 1.807) is 21.2 Å². The Balaban J connectivity index is 2.18. The Kier molecular flexibility index (Phi) is 8.01. The first kappa shape index (κ1) is 21.4. The van der Waals surface area contributed by atoms with Crippen LogP contribution in [0.1, 0.15) is 17.0 Å². The molecule has 28 heavy (non-hydrogen) atoms. The van der Waals surface area contributed by atoms with Gasteiger partial charge in [-0.05, 0) is 31.5 Å². The van der Waals surface area contributed by atoms with Crippen LogP contribution in [0, 0.1) is 13.8 Å². The lowest BCUT2D eigenvalue weighted by atomic mass is 10.2. The summed E-state index contributed by atoms with van der Waals surface area (Å²) in [5.74, 6) is 0.541. The summed E-state index contributed by atoms with van der Waals surface area (Å²) in [5, 5.41) is 10.8. The summed E-state index contributed by atoms with van der Waals surface area (Å²) >= 11 is 0. The predicted octanol–water partition coefficient (Wildman–Crippen LogP) is 1.26. The number of carbonyl (C=O) groups is 1. The van der Waals surface area contributed by atoms with E-state index in [9.17, 15) is 4.79 Å². The second kappa shape index (κ2) is 10.5. The van der Waals surface area contributed by atoms with E-state index >= 15 is 0 Å². The van der Waals surface area contributed by atoms with E-state index in [4.69, 9.17) is 4.74 Å². The van der Waals surface area contributed by atoms with E-state index in [0.717, 1.165) is 22.6 Å². The van der Waals surface area contributed by atoms with Crippen molar-refractivity contribution in [1.82, 2.24) is 25.3 Å². The van der Waals surface area contributed by atoms with Crippen LogP contribution in [0.15, 0.2) is 35.3 Å². The van der Waals surface area contributed by atoms with Crippen molar-refractivity contribution < 1.29 is 9.53 Å². The minimum atomic E-state index is -0.0238. The van der Waals surface area contributed by atoms with E-state index in [-0.39, 0.29) is 12.5 Å². The van der Waals surface area contributed by atoms with Crippen molar-refractivity contribution in [2.75, 3.05) is 40.9 Å². The maximum absolute atomic E-state index is 11.9. The van der Waals surface area contributed by atoms with E-state index in [1.165, 1.54) is 4.90 Å². The summed E-state index contributed by atoms with van der Waals surface area (Å²) in [7, 11) is 5.10. The number of methoxy groups -OCH3 is 1. The zero-order valence-electron chi connectivity index (χ0n) is 17.3. The zero-order valence-corrected chi connectivity index (χ0v) is 17.3. The van der Waals surface area contributed by atoms with Crippen molar-refractivity contribution in [2.45, 2.75) is 20.4 Å². The highest BCUT2D eigenvalue weighted by Gasteiger charge is 2.10. The van der Waals surface area contributed by atoms with Gasteiger partial charge in [0.1, 0.15) is 0 Å². The number of nitrogens with one attached hydrogen (secondary N) is 2. The first-order valence-corrected chi connectivity index (χ1v) is 9.25. The monoisotopic (exact) mass is 386 g/mol. The van der Waals surface area contributed by atoms with E-state index in [0.29, 0.717) is 25.7 Å². The van der Waals surface area contributed by atoms with Gasteiger partial charge in [-0.25, -0.2) is 9.67 Å². The summed E-state index contributed by atoms with van der Waals surface area (Å²) < 4.78 is 7.01. The largest absolute Gasteiger partial charge is 0.383 e. The number of benzene rings is 1. The molecule has 0 saturated heterocycles. The molecule has 0 bridgehead atoms. The minimum Gasteiger partial charge on any atom is -0.383 e. The quantitative estimate of drug-likeness (QED) is 0.405. The number of carbonyl (C=O) groups excluding carboxylic acids is 1. The lowest BCUT2D eigenvalue weighted by Gasteiger charge is -2.15. The topological polar surface area (TPSA) is 83.8 Å². The van der Waals surface area contributed by atoms with Crippen LogP contribution >= 0.6 is 0 Å². The van der Waals surface area contributed by atoms with E-state index < -0.39 is 0 Å². The van der Waals surface area contributed by atoms with Gasteiger partial charge in [0.2, 0.25) is 5.91 Å². The molecule has 0 unspecified atom stereocenters. The molecule has 0 aliphatic heterocycles. The molecule has 0 radical (unpaired) electrons. The van der Waals surface area contributed by atoms with E-state index in [2.05, 4.69) is 20.7 Å². The minimum absolute atomic E-state index is 0.0238. The van der Waals surface area contributed by atoms with Crippen LogP contribution in [0.3, 0.4) is 0 Å². The second-order valence-corrected chi connectivity index (χ2v) is 6.69. The summed E-state index contributed by atoms with van der Waals surface area (Å²) in [4.78, 5) is 18.1. The highest BCUT2D eigenvalue weighted by Crippen LogP contribution is 2.17. The molecule has 1 amide bonds. The van der Waals surface area contributed by atoms with Crippen LogP contribution < -0.4 is 10.6 Å². The van der Waals surface area contributed by atoms with Crippen LogP contribution in [0.2, 0.25) is 0 Å². The first-order valence-electron chi connectivity index (χ1n) is 9.25. The number of likely N-dealkylation sites (N-methyl/N-ethyl adjacent to an activating group) is 1. The van der Waals surface area contributed by atoms with Crippen molar-refractivity contribution in [2.24, 2.45) is 4.99 Å². The first-order chi connectivity index (χ1) is 13.4. The van der Waals surface area contributed by atoms with Crippen molar-refractivity contribution in [1.29, 1.82) is 0 Å². The molecule has 2 N–H and O–H groups in total. The Bertz CT molecular complexity index is 813. The van der Waals surface area contributed by atoms with Crippen molar-refractivity contribution >= 4 is 11.9 Å². The third kappa shape index (κ3) is 6.09. The molecular weight excluding hydrogens is 356 g/mol. The smallest absolute Gasteiger partial charge is 0.241 e. The number of aromatic nitrogens is 2. The molecule has 1 aromatic carbocycles. The standard InChI is InChI=1S/C20H30N6O2/c1-15-12-16(2)26(24-15)18-9-7-6-8-17(18)13-22-20(21-10-11-28-5)23-14-19(27)25(3)4/h6-9,12H,10-11,13-14H2,1-5H3,(H2,21,22,23). The number of rotatable bonds is 8. The molecule has 8 heteroatoms. The predicted molar refractivity (Wildman–Crippen MR) is 111 cm³/mol. The third-order valence-corrected chi connectivity index (χ3v) is 4.14. The Labute approximate surface area is 166 Å². The van der Waals surface area contributed by atoms with Crippen LogP contribution in [-0.2, 0) is 16.1 Å². The molecule has 152 valence electrons. The number of aryl methyl sites for hydroxylation is 2. The van der Waals surface area contributed by atoms with Gasteiger partial charge >= 0.3 is 0 Å². The summed E-state index contributed by atoms with van der Waals surface area (Å²) in [5.41, 5.74) is 4.08. The van der Waals surface area contributed by atoms with Gasteiger partial charge in [0.05, 0.1) is 31.1 Å². The number of amides is 1. The highest BCUT2D eigenvalue weighted by atomic mass is 16.5. The second-order valence-electron chi connectivity index (χ2n) is 6.69. The van der Waals surface area contributed by atoms with Gasteiger partial charge in [-0.1, -0.05) is 18.2 Å². The van der Waals surface area contributed by atoms with Crippen LogP contribution in [-0.4, -0.2) is 67.4 Å². The third-order valence-electron chi connectivity index (χ3n) is 4.14. The van der Waals surface area contributed by atoms with Crippen LogP contribution in [0.25, 0.3) is 5.69 Å². The molecule has 0 aliphatic carbocycles. The summed E-state index contributed by atoms with van der Waals surface area (Å²) in [6, 6.07) is 10.1. The lowest BCUT2D eigenvalue weighted by molar-refractivity contribution is -0.127. The summed E-state index contributed by atoms with van der Waals surface area (Å²) in [6.45, 7) is 5.78. The van der Waals surface area contributed by atoms with Gasteiger partial charge in [-0.2, -0.15) is 5.10 Å². The van der Waals surface area contributed by atoms with Crippen molar-refractivity contribution in [3.63, 3.8) is 0 Å². The number of aliphatic imine (C=N–C) groups is 1. The SMILES string of the molecule is COCCNC(=NCc1ccccc1-n1nc(C)cc1C)NCC(=O)N(C)C. The number of guanidine groups is 1. The molecule has 1 aromatic heterocycles. The Morgan fingerprint density at radius 3 is 2.64 bits per heavy atom. The van der Waals surface area contributed by atoms with Gasteiger partial charge < -0.3 is 20.3 Å². The zero-order chi connectivity index (χ0) is 20.5. The van der Waals surface area contributed by atoms with Gasteiger partial charge in [0.15, 0.2) is 5.96 Å². The van der Waals surface area contributed by atoms with Crippen LogP contribution in [0.5, 0.6) is 0 Å². The molecule has 2 aromatic rings. The van der Waals surface area contributed by atoms with Crippen molar-refractivity contribution in [3.8, 4) is 5.69 Å². The summed E-state index contributed by atoms with van der Waals surface area (Å²) in [6.07, 6.45) is 0. The molecule has 2 rings (SSSR count). The molecular formula is C20H30N6O2. The van der Waals surface area contributed by atoms with Crippen molar-refractivity contribution in [3.05, 3.63) is 47.3 Å². The number of hydrogen-bond donors (Lipinski definition) is 2. The normalized spacial score (nSPS) is 11.4. The average molecular weight is 387 g/mol. The Hall–Kier alpha value is -2.87. The molecule has 8 nitrogen and oxygen atoms in total. The fourth-order valence-corrected chi connectivity index (χ4v) is 2.65. The number of hydrogen-bond acceptors (Lipinski definition) is 4. The Morgan fingerprint density at radius 1 is 1.25 bits per heavy atom. The molecule has 0 spiro atoms.